The van der Waals surface area contributed by atoms with E-state index < -0.39 is 25.2 Å². The topological polar surface area (TPSA) is 147 Å². The van der Waals surface area contributed by atoms with Crippen LogP contribution in [-0.4, -0.2) is 26.5 Å². The first-order valence-corrected chi connectivity index (χ1v) is 8.10. The molecule has 0 unspecified atom stereocenters. The molecule has 10 heteroatoms. The molecule has 20 heavy (non-hydrogen) atoms. The number of anilines is 1. The molecule has 0 aliphatic rings. The van der Waals surface area contributed by atoms with Crippen molar-refractivity contribution < 1.29 is 26.5 Å². The van der Waals surface area contributed by atoms with E-state index in [1.807, 2.05) is 4.72 Å². The van der Waals surface area contributed by atoms with Crippen molar-refractivity contribution in [2.24, 2.45) is 5.14 Å². The highest BCUT2D eigenvalue weighted by Gasteiger charge is 2.14. The van der Waals surface area contributed by atoms with Gasteiger partial charge < -0.3 is 5.11 Å². The summed E-state index contributed by atoms with van der Waals surface area (Å²) in [6.07, 6.45) is 0. The van der Waals surface area contributed by atoms with Gasteiger partial charge in [-0.3, -0.25) is 9.27 Å². The van der Waals surface area contributed by atoms with Crippen LogP contribution in [0.15, 0.2) is 35.2 Å². The Kier molecular flexibility index (Phi) is 3.34. The van der Waals surface area contributed by atoms with Gasteiger partial charge in [-0.25, -0.2) is 5.14 Å². The third-order valence-electron chi connectivity index (χ3n) is 2.46. The number of phenolic OH excluding ortho intramolecular Hbond substituents is 1. The van der Waals surface area contributed by atoms with Gasteiger partial charge in [-0.15, -0.1) is 0 Å². The highest BCUT2D eigenvalue weighted by atomic mass is 32.2. The quantitative estimate of drug-likeness (QED) is 0.602. The molecule has 8 nitrogen and oxygen atoms in total. The van der Waals surface area contributed by atoms with Crippen LogP contribution >= 0.6 is 0 Å². The van der Waals surface area contributed by atoms with Crippen molar-refractivity contribution in [2.45, 2.75) is 4.90 Å². The van der Waals surface area contributed by atoms with Crippen LogP contribution in [0.25, 0.3) is 10.8 Å². The maximum atomic E-state index is 11.1. The number of fused-ring (bicyclic) bond motifs is 1. The van der Waals surface area contributed by atoms with E-state index in [0.29, 0.717) is 0 Å². The summed E-state index contributed by atoms with van der Waals surface area (Å²) in [4.78, 5) is -0.504. The molecule has 2 aromatic rings. The monoisotopic (exact) mass is 318 g/mol. The fourth-order valence-corrected chi connectivity index (χ4v) is 2.69. The molecule has 0 saturated carbocycles. The maximum Gasteiger partial charge on any atom is 0.296 e. The van der Waals surface area contributed by atoms with Gasteiger partial charge >= 0.3 is 0 Å². The lowest BCUT2D eigenvalue weighted by molar-refractivity contribution is 0.471. The minimum absolute atomic E-state index is 0.0897. The van der Waals surface area contributed by atoms with Gasteiger partial charge in [0.2, 0.25) is 0 Å². The first-order valence-electron chi connectivity index (χ1n) is 5.11. The van der Waals surface area contributed by atoms with Crippen molar-refractivity contribution in [1.82, 2.24) is 0 Å². The maximum absolute atomic E-state index is 11.1. The van der Waals surface area contributed by atoms with Gasteiger partial charge in [-0.05, 0) is 29.7 Å². The molecule has 0 aliphatic heterocycles. The second-order valence-electron chi connectivity index (χ2n) is 4.00. The Bertz CT molecular complexity index is 889. The largest absolute Gasteiger partial charge is 0.507 e. The van der Waals surface area contributed by atoms with Crippen LogP contribution in [0.3, 0.4) is 0 Å². The first-order chi connectivity index (χ1) is 9.06. The third kappa shape index (κ3) is 3.17. The zero-order chi connectivity index (χ0) is 15.1. The van der Waals surface area contributed by atoms with Gasteiger partial charge in [-0.2, -0.15) is 16.8 Å². The van der Waals surface area contributed by atoms with Crippen molar-refractivity contribution in [1.29, 1.82) is 0 Å². The number of aromatic hydroxyl groups is 1. The Balaban J connectivity index is 2.67. The van der Waals surface area contributed by atoms with Crippen LogP contribution in [-0.2, 0) is 20.3 Å². The fraction of sp³-hybridized carbons (Fsp3) is 0. The second-order valence-corrected chi connectivity index (χ2v) is 6.72. The molecular formula is C10H10N2O6S2. The van der Waals surface area contributed by atoms with E-state index in [9.17, 15) is 21.9 Å². The molecule has 2 aromatic carbocycles. The van der Waals surface area contributed by atoms with Crippen LogP contribution < -0.4 is 9.86 Å². The minimum Gasteiger partial charge on any atom is -0.507 e. The molecular weight excluding hydrogens is 308 g/mol. The average Bonchev–Trinajstić information content (AvgIpc) is 2.24. The van der Waals surface area contributed by atoms with Crippen LogP contribution in [0.2, 0.25) is 0 Å². The number of hydrogen-bond acceptors (Lipinski definition) is 5. The Morgan fingerprint density at radius 2 is 1.70 bits per heavy atom. The molecule has 0 spiro atoms. The Labute approximate surface area is 114 Å². The Morgan fingerprint density at radius 3 is 2.25 bits per heavy atom. The number of rotatable bonds is 3. The van der Waals surface area contributed by atoms with E-state index in [0.717, 1.165) is 12.1 Å². The van der Waals surface area contributed by atoms with Crippen molar-refractivity contribution in [3.05, 3.63) is 30.3 Å². The molecule has 0 amide bonds. The van der Waals surface area contributed by atoms with E-state index in [1.54, 1.807) is 0 Å². The lowest BCUT2D eigenvalue weighted by Crippen LogP contribution is -2.21. The van der Waals surface area contributed by atoms with E-state index >= 15 is 0 Å². The van der Waals surface area contributed by atoms with Crippen molar-refractivity contribution in [2.75, 3.05) is 4.72 Å². The molecule has 0 bridgehead atoms. The highest BCUT2D eigenvalue weighted by Crippen LogP contribution is 2.30. The summed E-state index contributed by atoms with van der Waals surface area (Å²) in [5.74, 6) is -0.364. The number of phenols is 1. The number of benzene rings is 2. The summed E-state index contributed by atoms with van der Waals surface area (Å²) in [6.45, 7) is 0. The predicted molar refractivity (Wildman–Crippen MR) is 72.2 cm³/mol. The van der Waals surface area contributed by atoms with Crippen molar-refractivity contribution >= 4 is 36.8 Å². The molecule has 0 saturated heterocycles. The molecule has 0 atom stereocenters. The van der Waals surface area contributed by atoms with E-state index in [4.69, 9.17) is 9.69 Å². The number of hydrogen-bond donors (Lipinski definition) is 4. The summed E-state index contributed by atoms with van der Waals surface area (Å²) in [5, 5.41) is 15.0. The van der Waals surface area contributed by atoms with Crippen molar-refractivity contribution in [3.63, 3.8) is 0 Å². The molecule has 5 N–H and O–H groups in total. The lowest BCUT2D eigenvalue weighted by Gasteiger charge is -2.07. The minimum atomic E-state index is -4.49. The van der Waals surface area contributed by atoms with Crippen LogP contribution in [0.4, 0.5) is 5.69 Å². The van der Waals surface area contributed by atoms with Gasteiger partial charge in [-0.1, -0.05) is 0 Å². The zero-order valence-electron chi connectivity index (χ0n) is 9.81. The molecule has 0 radical (unpaired) electrons. The second kappa shape index (κ2) is 4.59. The SMILES string of the molecule is NS(=O)(=O)Nc1ccc2c(O)cc(S(=O)(=O)O)cc2c1. The summed E-state index contributed by atoms with van der Waals surface area (Å²) >= 11 is 0. The molecule has 0 heterocycles. The van der Waals surface area contributed by atoms with Gasteiger partial charge in [0.1, 0.15) is 5.75 Å². The van der Waals surface area contributed by atoms with Crippen LogP contribution in [0.1, 0.15) is 0 Å². The predicted octanol–water partition coefficient (Wildman–Crippen LogP) is 0.408. The van der Waals surface area contributed by atoms with E-state index in [1.165, 1.54) is 18.2 Å². The third-order valence-corrected chi connectivity index (χ3v) is 3.81. The molecule has 0 aliphatic carbocycles. The number of nitrogens with one attached hydrogen (secondary N) is 1. The Hall–Kier alpha value is -1.88. The highest BCUT2D eigenvalue weighted by molar-refractivity contribution is 7.90. The molecule has 108 valence electrons. The van der Waals surface area contributed by atoms with Gasteiger partial charge in [0, 0.05) is 11.5 Å². The molecule has 2 rings (SSSR count). The molecule has 0 aromatic heterocycles. The van der Waals surface area contributed by atoms with Gasteiger partial charge in [0.15, 0.2) is 0 Å². The fourth-order valence-electron chi connectivity index (χ4n) is 1.70. The Morgan fingerprint density at radius 1 is 1.05 bits per heavy atom. The van der Waals surface area contributed by atoms with Crippen molar-refractivity contribution in [3.8, 4) is 5.75 Å². The van der Waals surface area contributed by atoms with E-state index in [2.05, 4.69) is 0 Å². The standard InChI is InChI=1S/C10H10N2O6S2/c11-20(17,18)12-7-1-2-9-6(3-7)4-8(5-10(9)13)19(14,15)16/h1-5,12-13H,(H2,11,17,18)(H,14,15,16). The smallest absolute Gasteiger partial charge is 0.296 e. The van der Waals surface area contributed by atoms with Gasteiger partial charge in [0.25, 0.3) is 20.3 Å². The van der Waals surface area contributed by atoms with E-state index in [-0.39, 0.29) is 22.2 Å². The number of nitrogens with two attached hydrogens (primary N) is 1. The first kappa shape index (κ1) is 14.5. The summed E-state index contributed by atoms with van der Waals surface area (Å²) in [5.41, 5.74) is 0.0897. The zero-order valence-corrected chi connectivity index (χ0v) is 11.4. The van der Waals surface area contributed by atoms with Gasteiger partial charge in [0.05, 0.1) is 10.6 Å². The average molecular weight is 318 g/mol. The normalized spacial score (nSPS) is 12.5. The van der Waals surface area contributed by atoms with Crippen LogP contribution in [0.5, 0.6) is 5.75 Å². The summed E-state index contributed by atoms with van der Waals surface area (Å²) in [6, 6.07) is 5.99. The lowest BCUT2D eigenvalue weighted by atomic mass is 10.1. The van der Waals surface area contributed by atoms with Crippen LogP contribution in [0, 0.1) is 0 Å². The molecule has 0 fully saturated rings. The summed E-state index contributed by atoms with van der Waals surface area (Å²) in [7, 11) is -8.46. The summed E-state index contributed by atoms with van der Waals surface area (Å²) < 4.78 is 54.9.